The second-order valence-corrected chi connectivity index (χ2v) is 17.7. The van der Waals surface area contributed by atoms with Crippen molar-refractivity contribution in [2.75, 3.05) is 13.2 Å². The molecule has 0 aliphatic heterocycles. The molecule has 0 N–H and O–H groups in total. The fourth-order valence-electron chi connectivity index (χ4n) is 7.66. The predicted molar refractivity (Wildman–Crippen MR) is 243 cm³/mol. The number of hydrogen-bond donors (Lipinski definition) is 0. The average Bonchev–Trinajstić information content (AvgIpc) is 3.21. The summed E-state index contributed by atoms with van der Waals surface area (Å²) in [5, 5.41) is 0. The number of carbonyl (C=O) groups excluding carboxylic acids is 3. The van der Waals surface area contributed by atoms with Gasteiger partial charge in [-0.3, -0.25) is 14.4 Å². The van der Waals surface area contributed by atoms with Crippen LogP contribution in [-0.2, 0) is 28.6 Å². The van der Waals surface area contributed by atoms with Crippen LogP contribution in [0.2, 0.25) is 0 Å². The summed E-state index contributed by atoms with van der Waals surface area (Å²) in [6.07, 6.45) is 46.5. The zero-order chi connectivity index (χ0) is 41.7. The van der Waals surface area contributed by atoms with E-state index in [4.69, 9.17) is 14.2 Å². The van der Waals surface area contributed by atoms with Gasteiger partial charge in [0.25, 0.3) is 0 Å². The molecule has 0 aromatic heterocycles. The van der Waals surface area contributed by atoms with Gasteiger partial charge in [-0.2, -0.15) is 0 Å². The minimum Gasteiger partial charge on any atom is -0.462 e. The van der Waals surface area contributed by atoms with E-state index in [9.17, 15) is 14.4 Å². The van der Waals surface area contributed by atoms with E-state index in [2.05, 4.69) is 27.7 Å². The summed E-state index contributed by atoms with van der Waals surface area (Å²) in [5.41, 5.74) is 0. The van der Waals surface area contributed by atoms with E-state index >= 15 is 0 Å². The number of carbonyl (C=O) groups is 3. The highest BCUT2D eigenvalue weighted by Gasteiger charge is 2.19. The van der Waals surface area contributed by atoms with Crippen molar-refractivity contribution in [2.24, 2.45) is 5.92 Å². The topological polar surface area (TPSA) is 78.9 Å². The lowest BCUT2D eigenvalue weighted by atomic mass is 9.99. The standard InChI is InChI=1S/C51H98O6/c1-5-8-10-12-14-16-18-20-22-24-26-31-35-39-43-50(53)56-46-48(57-51(54)44-40-36-32-28-27-29-33-37-41-47(4)7-3)45-55-49(52)42-38-34-30-25-23-21-19-17-15-13-11-9-6-2/h47-48H,5-46H2,1-4H3/t47?,48-/m1/s1. The maximum Gasteiger partial charge on any atom is 0.306 e. The highest BCUT2D eigenvalue weighted by molar-refractivity contribution is 5.71. The van der Waals surface area contributed by atoms with Crippen LogP contribution in [0, 0.1) is 5.92 Å². The van der Waals surface area contributed by atoms with E-state index in [1.54, 1.807) is 0 Å². The lowest BCUT2D eigenvalue weighted by Crippen LogP contribution is -2.30. The third-order valence-electron chi connectivity index (χ3n) is 11.9. The molecular weight excluding hydrogens is 709 g/mol. The molecule has 2 atom stereocenters. The smallest absolute Gasteiger partial charge is 0.306 e. The minimum absolute atomic E-state index is 0.0633. The van der Waals surface area contributed by atoms with Crippen molar-refractivity contribution in [1.29, 1.82) is 0 Å². The van der Waals surface area contributed by atoms with Gasteiger partial charge >= 0.3 is 17.9 Å². The summed E-state index contributed by atoms with van der Waals surface area (Å²) in [7, 11) is 0. The van der Waals surface area contributed by atoms with Crippen molar-refractivity contribution in [3.05, 3.63) is 0 Å². The van der Waals surface area contributed by atoms with Crippen molar-refractivity contribution in [3.63, 3.8) is 0 Å². The highest BCUT2D eigenvalue weighted by atomic mass is 16.6. The van der Waals surface area contributed by atoms with E-state index in [1.807, 2.05) is 0 Å². The molecule has 0 rings (SSSR count). The quantitative estimate of drug-likeness (QED) is 0.0346. The molecular formula is C51H98O6. The molecule has 0 spiro atoms. The third kappa shape index (κ3) is 43.8. The second kappa shape index (κ2) is 45.5. The largest absolute Gasteiger partial charge is 0.462 e. The van der Waals surface area contributed by atoms with Gasteiger partial charge < -0.3 is 14.2 Å². The van der Waals surface area contributed by atoms with Gasteiger partial charge in [0.2, 0.25) is 0 Å². The molecule has 1 unspecified atom stereocenters. The first-order chi connectivity index (χ1) is 27.9. The SMILES string of the molecule is CCCCCCCCCCCCCCCCC(=O)OC[C@@H](COC(=O)CCCCCCCCCCCCCCC)OC(=O)CCCCCCCCCCC(C)CC. The van der Waals surface area contributed by atoms with Gasteiger partial charge in [-0.1, -0.05) is 246 Å². The Labute approximate surface area is 355 Å². The van der Waals surface area contributed by atoms with Crippen molar-refractivity contribution < 1.29 is 28.6 Å². The maximum absolute atomic E-state index is 12.8. The van der Waals surface area contributed by atoms with Gasteiger partial charge in [-0.15, -0.1) is 0 Å². The molecule has 0 saturated heterocycles. The van der Waals surface area contributed by atoms with Crippen molar-refractivity contribution >= 4 is 17.9 Å². The first-order valence-corrected chi connectivity index (χ1v) is 25.4. The molecule has 0 aromatic rings. The number of rotatable bonds is 46. The summed E-state index contributed by atoms with van der Waals surface area (Å²) in [5.74, 6) is -0.00216. The number of ether oxygens (including phenoxy) is 3. The van der Waals surface area contributed by atoms with Crippen LogP contribution in [0.1, 0.15) is 285 Å². The van der Waals surface area contributed by atoms with E-state index in [1.165, 1.54) is 180 Å². The zero-order valence-electron chi connectivity index (χ0n) is 38.8. The molecule has 0 aliphatic rings. The third-order valence-corrected chi connectivity index (χ3v) is 11.9. The van der Waals surface area contributed by atoms with Crippen LogP contribution in [0.4, 0.5) is 0 Å². The molecule has 0 radical (unpaired) electrons. The molecule has 0 aromatic carbocycles. The van der Waals surface area contributed by atoms with Gasteiger partial charge in [0.1, 0.15) is 13.2 Å². The van der Waals surface area contributed by atoms with Gasteiger partial charge in [0, 0.05) is 19.3 Å². The highest BCUT2D eigenvalue weighted by Crippen LogP contribution is 2.17. The summed E-state index contributed by atoms with van der Waals surface area (Å²) in [4.78, 5) is 37.9. The van der Waals surface area contributed by atoms with Crippen LogP contribution in [0.25, 0.3) is 0 Å². The molecule has 0 aliphatic carbocycles. The molecule has 0 bridgehead atoms. The van der Waals surface area contributed by atoms with E-state index in [0.29, 0.717) is 19.3 Å². The van der Waals surface area contributed by atoms with Crippen molar-refractivity contribution in [3.8, 4) is 0 Å². The first-order valence-electron chi connectivity index (χ1n) is 25.4. The number of unbranched alkanes of at least 4 members (excludes halogenated alkanes) is 32. The minimum atomic E-state index is -0.760. The Morgan fingerprint density at radius 2 is 0.614 bits per heavy atom. The van der Waals surface area contributed by atoms with Crippen LogP contribution in [0.15, 0.2) is 0 Å². The predicted octanol–water partition coefficient (Wildman–Crippen LogP) is 16.3. The Morgan fingerprint density at radius 3 is 0.912 bits per heavy atom. The van der Waals surface area contributed by atoms with Gasteiger partial charge in [0.15, 0.2) is 6.10 Å². The number of esters is 3. The Morgan fingerprint density at radius 1 is 0.351 bits per heavy atom. The molecule has 6 nitrogen and oxygen atoms in total. The zero-order valence-corrected chi connectivity index (χ0v) is 38.8. The van der Waals surface area contributed by atoms with Crippen LogP contribution in [-0.4, -0.2) is 37.2 Å². The Hall–Kier alpha value is -1.59. The summed E-state index contributed by atoms with van der Waals surface area (Å²) < 4.78 is 16.8. The molecule has 6 heteroatoms. The van der Waals surface area contributed by atoms with Crippen molar-refractivity contribution in [2.45, 2.75) is 291 Å². The molecule has 0 saturated carbocycles. The maximum atomic E-state index is 12.8. The van der Waals surface area contributed by atoms with Crippen LogP contribution < -0.4 is 0 Å². The normalized spacial score (nSPS) is 12.4. The molecule has 0 fully saturated rings. The van der Waals surface area contributed by atoms with Gasteiger partial charge in [-0.05, 0) is 25.2 Å². The molecule has 57 heavy (non-hydrogen) atoms. The van der Waals surface area contributed by atoms with Crippen LogP contribution >= 0.6 is 0 Å². The van der Waals surface area contributed by atoms with Crippen LogP contribution in [0.3, 0.4) is 0 Å². The lowest BCUT2D eigenvalue weighted by molar-refractivity contribution is -0.167. The molecule has 0 amide bonds. The second-order valence-electron chi connectivity index (χ2n) is 17.7. The number of hydrogen-bond acceptors (Lipinski definition) is 6. The lowest BCUT2D eigenvalue weighted by Gasteiger charge is -2.18. The fourth-order valence-corrected chi connectivity index (χ4v) is 7.66. The Kier molecular flexibility index (Phi) is 44.2. The van der Waals surface area contributed by atoms with Crippen molar-refractivity contribution in [1.82, 2.24) is 0 Å². The van der Waals surface area contributed by atoms with E-state index in [-0.39, 0.29) is 31.1 Å². The molecule has 0 heterocycles. The van der Waals surface area contributed by atoms with E-state index < -0.39 is 6.10 Å². The van der Waals surface area contributed by atoms with Crippen LogP contribution in [0.5, 0.6) is 0 Å². The molecule has 338 valence electrons. The Balaban J connectivity index is 4.32. The first kappa shape index (κ1) is 55.4. The van der Waals surface area contributed by atoms with Gasteiger partial charge in [-0.25, -0.2) is 0 Å². The monoisotopic (exact) mass is 807 g/mol. The van der Waals surface area contributed by atoms with Gasteiger partial charge in [0.05, 0.1) is 0 Å². The summed E-state index contributed by atoms with van der Waals surface area (Å²) in [6.45, 7) is 9.02. The van der Waals surface area contributed by atoms with E-state index in [0.717, 1.165) is 63.7 Å². The summed E-state index contributed by atoms with van der Waals surface area (Å²) in [6, 6.07) is 0. The summed E-state index contributed by atoms with van der Waals surface area (Å²) >= 11 is 0. The fraction of sp³-hybridized carbons (Fsp3) is 0.941. The average molecular weight is 807 g/mol. The Bertz CT molecular complexity index is 859.